The number of thioether (sulfide) groups is 1. The number of pyridine rings is 1. The van der Waals surface area contributed by atoms with Crippen molar-refractivity contribution in [2.75, 3.05) is 5.75 Å². The van der Waals surface area contributed by atoms with E-state index in [1.165, 1.54) is 24.8 Å². The highest BCUT2D eigenvalue weighted by molar-refractivity contribution is 8.00. The van der Waals surface area contributed by atoms with Crippen LogP contribution in [0.5, 0.6) is 0 Å². The molecule has 1 heterocycles. The number of nitriles is 2. The van der Waals surface area contributed by atoms with Crippen molar-refractivity contribution < 1.29 is 4.79 Å². The molecule has 0 saturated carbocycles. The average Bonchev–Trinajstić information content (AvgIpc) is 2.36. The minimum Gasteiger partial charge on any atom is -0.386 e. The van der Waals surface area contributed by atoms with Crippen LogP contribution < -0.4 is 5.73 Å². The Morgan fingerprint density at radius 2 is 2.26 bits per heavy atom. The number of ketones is 1. The minimum atomic E-state index is -0.136. The van der Waals surface area contributed by atoms with Gasteiger partial charge < -0.3 is 5.73 Å². The zero-order valence-electron chi connectivity index (χ0n) is 10.5. The Labute approximate surface area is 115 Å². The Bertz CT molecular complexity index is 624. The molecule has 0 unspecified atom stereocenters. The monoisotopic (exact) mass is 273 g/mol. The molecule has 0 atom stereocenters. The van der Waals surface area contributed by atoms with Gasteiger partial charge in [-0.05, 0) is 19.9 Å². The Morgan fingerprint density at radius 3 is 2.79 bits per heavy atom. The molecule has 7 heteroatoms. The summed E-state index contributed by atoms with van der Waals surface area (Å²) in [5.41, 5.74) is 6.78. The summed E-state index contributed by atoms with van der Waals surface area (Å²) in [5.74, 6) is 0.281. The van der Waals surface area contributed by atoms with Crippen molar-refractivity contribution in [2.24, 2.45) is 10.7 Å². The van der Waals surface area contributed by atoms with E-state index in [-0.39, 0.29) is 17.4 Å². The van der Waals surface area contributed by atoms with Crippen LogP contribution in [0.3, 0.4) is 0 Å². The molecule has 1 rings (SSSR count). The van der Waals surface area contributed by atoms with E-state index in [2.05, 4.69) is 9.98 Å². The predicted molar refractivity (Wildman–Crippen MR) is 71.7 cm³/mol. The molecule has 0 amide bonds. The van der Waals surface area contributed by atoms with E-state index < -0.39 is 0 Å². The molecule has 1 aromatic heterocycles. The van der Waals surface area contributed by atoms with Gasteiger partial charge in [0.25, 0.3) is 0 Å². The summed E-state index contributed by atoms with van der Waals surface area (Å²) >= 11 is 1.20. The summed E-state index contributed by atoms with van der Waals surface area (Å²) in [6, 6.07) is 3.51. The fraction of sp³-hybridized carbons (Fsp3) is 0.250. The van der Waals surface area contributed by atoms with Crippen molar-refractivity contribution in [3.63, 3.8) is 0 Å². The minimum absolute atomic E-state index is 0.136. The van der Waals surface area contributed by atoms with Crippen molar-refractivity contribution in [1.82, 2.24) is 4.98 Å². The van der Waals surface area contributed by atoms with E-state index >= 15 is 0 Å². The number of carbonyl (C=O) groups is 1. The lowest BCUT2D eigenvalue weighted by Gasteiger charge is -2.07. The maximum atomic E-state index is 11.4. The Morgan fingerprint density at radius 1 is 1.58 bits per heavy atom. The lowest BCUT2D eigenvalue weighted by molar-refractivity contribution is 0.101. The highest BCUT2D eigenvalue weighted by atomic mass is 32.2. The zero-order chi connectivity index (χ0) is 14.4. The van der Waals surface area contributed by atoms with Gasteiger partial charge in [0.1, 0.15) is 16.9 Å². The number of aromatic nitrogens is 1. The molecule has 0 aromatic carbocycles. The number of nitrogens with zero attached hydrogens (tertiary/aromatic N) is 4. The third-order valence-electron chi connectivity index (χ3n) is 2.23. The summed E-state index contributed by atoms with van der Waals surface area (Å²) in [4.78, 5) is 19.0. The van der Waals surface area contributed by atoms with Crippen LogP contribution in [-0.2, 0) is 0 Å². The first kappa shape index (κ1) is 14.7. The van der Waals surface area contributed by atoms with Gasteiger partial charge in [0.05, 0.1) is 11.3 Å². The van der Waals surface area contributed by atoms with E-state index in [0.717, 1.165) is 0 Å². The standard InChI is InChI=1S/C12H11N5OS/c1-7-10(8(2)18)3-9(4-13)12(17-7)19-5-11(15)16-6-14/h3H,5H2,1-2H3,(H2,15,16). The lowest BCUT2D eigenvalue weighted by atomic mass is 10.1. The number of aliphatic imine (C=N–C) groups is 1. The molecule has 1 aromatic rings. The third kappa shape index (κ3) is 3.80. The molecule has 0 aliphatic heterocycles. The van der Waals surface area contributed by atoms with Gasteiger partial charge in [0.15, 0.2) is 5.78 Å². The summed E-state index contributed by atoms with van der Waals surface area (Å²) in [6.07, 6.45) is 1.59. The molecule has 0 saturated heterocycles. The van der Waals surface area contributed by atoms with E-state index in [1.807, 2.05) is 6.07 Å². The normalized spacial score (nSPS) is 10.6. The molecule has 96 valence electrons. The topological polar surface area (TPSA) is 116 Å². The molecule has 0 bridgehead atoms. The van der Waals surface area contributed by atoms with Crippen LogP contribution in [0.25, 0.3) is 0 Å². The molecule has 0 spiro atoms. The molecule has 6 nitrogen and oxygen atoms in total. The number of aryl methyl sites for hydroxylation is 1. The molecular formula is C12H11N5OS. The SMILES string of the molecule is CC(=O)c1cc(C#N)c(SCC(N)=NC#N)nc1C. The third-order valence-corrected chi connectivity index (χ3v) is 3.25. The van der Waals surface area contributed by atoms with Crippen molar-refractivity contribution >= 4 is 23.4 Å². The number of rotatable bonds is 4. The summed E-state index contributed by atoms with van der Waals surface area (Å²) in [5, 5.41) is 17.9. The zero-order valence-corrected chi connectivity index (χ0v) is 11.3. The van der Waals surface area contributed by atoms with Gasteiger partial charge in [0.2, 0.25) is 6.19 Å². The van der Waals surface area contributed by atoms with Gasteiger partial charge in [-0.2, -0.15) is 15.5 Å². The van der Waals surface area contributed by atoms with Crippen molar-refractivity contribution in [1.29, 1.82) is 10.5 Å². The quantitative estimate of drug-likeness (QED) is 0.291. The van der Waals surface area contributed by atoms with Crippen molar-refractivity contribution in [3.8, 4) is 12.3 Å². The number of amidine groups is 1. The van der Waals surface area contributed by atoms with Crippen LogP contribution in [0.15, 0.2) is 16.1 Å². The first-order valence-corrected chi connectivity index (χ1v) is 6.24. The molecule has 0 aliphatic rings. The van der Waals surface area contributed by atoms with Gasteiger partial charge in [-0.3, -0.25) is 4.79 Å². The first-order valence-electron chi connectivity index (χ1n) is 5.26. The molecule has 0 radical (unpaired) electrons. The first-order chi connectivity index (χ1) is 8.99. The number of carbonyl (C=O) groups excluding carboxylic acids is 1. The molecule has 19 heavy (non-hydrogen) atoms. The van der Waals surface area contributed by atoms with Crippen molar-refractivity contribution in [2.45, 2.75) is 18.9 Å². The fourth-order valence-electron chi connectivity index (χ4n) is 1.37. The van der Waals surface area contributed by atoms with Crippen LogP contribution in [0.4, 0.5) is 0 Å². The van der Waals surface area contributed by atoms with Gasteiger partial charge >= 0.3 is 0 Å². The highest BCUT2D eigenvalue weighted by Crippen LogP contribution is 2.22. The fourth-order valence-corrected chi connectivity index (χ4v) is 2.18. The van der Waals surface area contributed by atoms with Crippen LogP contribution >= 0.6 is 11.8 Å². The number of Topliss-reactive ketones (excluding diaryl/α,β-unsaturated/α-hetero) is 1. The lowest BCUT2D eigenvalue weighted by Crippen LogP contribution is -2.14. The van der Waals surface area contributed by atoms with Crippen LogP contribution in [0.1, 0.15) is 28.5 Å². The van der Waals surface area contributed by atoms with E-state index in [9.17, 15) is 4.79 Å². The Hall–Kier alpha value is -2.38. The summed E-state index contributed by atoms with van der Waals surface area (Å²) in [6.45, 7) is 3.13. The summed E-state index contributed by atoms with van der Waals surface area (Å²) < 4.78 is 0. The van der Waals surface area contributed by atoms with Crippen LogP contribution in [0.2, 0.25) is 0 Å². The van der Waals surface area contributed by atoms with E-state index in [4.69, 9.17) is 16.3 Å². The van der Waals surface area contributed by atoms with E-state index in [0.29, 0.717) is 21.8 Å². The molecular weight excluding hydrogens is 262 g/mol. The average molecular weight is 273 g/mol. The number of hydrogen-bond acceptors (Lipinski definition) is 6. The maximum Gasteiger partial charge on any atom is 0.207 e. The van der Waals surface area contributed by atoms with E-state index in [1.54, 1.807) is 13.1 Å². The van der Waals surface area contributed by atoms with Gasteiger partial charge in [-0.1, -0.05) is 11.8 Å². The van der Waals surface area contributed by atoms with Crippen molar-refractivity contribution in [3.05, 3.63) is 22.9 Å². The van der Waals surface area contributed by atoms with Crippen LogP contribution in [-0.4, -0.2) is 22.4 Å². The van der Waals surface area contributed by atoms with Gasteiger partial charge in [-0.15, -0.1) is 0 Å². The number of nitrogens with two attached hydrogens (primary N) is 1. The summed E-state index contributed by atoms with van der Waals surface area (Å²) in [7, 11) is 0. The largest absolute Gasteiger partial charge is 0.386 e. The highest BCUT2D eigenvalue weighted by Gasteiger charge is 2.12. The molecule has 0 aliphatic carbocycles. The Kier molecular flexibility index (Phi) is 5.04. The maximum absolute atomic E-state index is 11.4. The molecule has 2 N–H and O–H groups in total. The van der Waals surface area contributed by atoms with Gasteiger partial charge in [0, 0.05) is 11.3 Å². The second kappa shape index (κ2) is 6.53. The van der Waals surface area contributed by atoms with Gasteiger partial charge in [-0.25, -0.2) is 4.98 Å². The Balaban J connectivity index is 3.07. The smallest absolute Gasteiger partial charge is 0.207 e. The second-order valence-corrected chi connectivity index (χ2v) is 4.60. The molecule has 0 fully saturated rings. The second-order valence-electron chi connectivity index (χ2n) is 3.63. The van der Waals surface area contributed by atoms with Crippen LogP contribution in [0, 0.1) is 29.7 Å². The predicted octanol–water partition coefficient (Wildman–Crippen LogP) is 1.39. The number of hydrogen-bond donors (Lipinski definition) is 1.